The number of nitrogens with zero attached hydrogens (tertiary/aromatic N) is 1. The van der Waals surface area contributed by atoms with E-state index in [1.807, 2.05) is 0 Å². The zero-order valence-electron chi connectivity index (χ0n) is 9.78. The number of piperidine rings is 1. The van der Waals surface area contributed by atoms with Crippen molar-refractivity contribution in [3.05, 3.63) is 28.8 Å². The molecular formula is C13H13ClN2O2. The fourth-order valence-electron chi connectivity index (χ4n) is 2.66. The zero-order valence-corrected chi connectivity index (χ0v) is 10.5. The van der Waals surface area contributed by atoms with Gasteiger partial charge in [-0.2, -0.15) is 0 Å². The van der Waals surface area contributed by atoms with Gasteiger partial charge in [0.25, 0.3) is 11.7 Å². The second kappa shape index (κ2) is 4.37. The number of amides is 1. The van der Waals surface area contributed by atoms with E-state index >= 15 is 0 Å². The lowest BCUT2D eigenvalue weighted by molar-refractivity contribution is -0.114. The summed E-state index contributed by atoms with van der Waals surface area (Å²) in [7, 11) is 0. The van der Waals surface area contributed by atoms with E-state index in [1.165, 1.54) is 0 Å². The van der Waals surface area contributed by atoms with Gasteiger partial charge in [-0.15, -0.1) is 0 Å². The minimum atomic E-state index is -0.417. The maximum Gasteiger partial charge on any atom is 0.299 e. The average molecular weight is 265 g/mol. The van der Waals surface area contributed by atoms with Gasteiger partial charge < -0.3 is 10.2 Å². The van der Waals surface area contributed by atoms with Gasteiger partial charge in [-0.25, -0.2) is 0 Å². The van der Waals surface area contributed by atoms with E-state index in [1.54, 1.807) is 23.1 Å². The first-order valence-corrected chi connectivity index (χ1v) is 6.44. The highest BCUT2D eigenvalue weighted by Crippen LogP contribution is 2.34. The van der Waals surface area contributed by atoms with Crippen LogP contribution in [0.1, 0.15) is 23.2 Å². The fraction of sp³-hybridized carbons (Fsp3) is 0.385. The highest BCUT2D eigenvalue weighted by atomic mass is 35.5. The minimum absolute atomic E-state index is 0.0995. The van der Waals surface area contributed by atoms with Crippen molar-refractivity contribution >= 4 is 29.0 Å². The maximum absolute atomic E-state index is 12.1. The molecule has 0 atom stereocenters. The largest absolute Gasteiger partial charge is 0.317 e. The van der Waals surface area contributed by atoms with Crippen LogP contribution in [-0.2, 0) is 4.79 Å². The molecule has 4 nitrogen and oxygen atoms in total. The number of rotatable bonds is 1. The maximum atomic E-state index is 12.1. The third-order valence-electron chi connectivity index (χ3n) is 3.55. The Hall–Kier alpha value is -1.39. The Morgan fingerprint density at radius 2 is 1.94 bits per heavy atom. The van der Waals surface area contributed by atoms with Gasteiger partial charge in [0.05, 0.1) is 11.3 Å². The SMILES string of the molecule is O=C1C(=O)N(C2CCNCC2)c2cc(Cl)ccc21. The third-order valence-corrected chi connectivity index (χ3v) is 3.79. The molecule has 2 aliphatic rings. The minimum Gasteiger partial charge on any atom is -0.317 e. The smallest absolute Gasteiger partial charge is 0.299 e. The normalized spacial score (nSPS) is 20.4. The van der Waals surface area contributed by atoms with Gasteiger partial charge in [0.1, 0.15) is 0 Å². The molecule has 1 aromatic rings. The van der Waals surface area contributed by atoms with Crippen molar-refractivity contribution < 1.29 is 9.59 Å². The molecule has 1 fully saturated rings. The van der Waals surface area contributed by atoms with E-state index in [4.69, 9.17) is 11.6 Å². The third kappa shape index (κ3) is 1.72. The van der Waals surface area contributed by atoms with Gasteiger partial charge in [0.2, 0.25) is 0 Å². The lowest BCUT2D eigenvalue weighted by Gasteiger charge is -2.31. The lowest BCUT2D eigenvalue weighted by atomic mass is 10.0. The average Bonchev–Trinajstić information content (AvgIpc) is 2.63. The Balaban J connectivity index is 2.02. The van der Waals surface area contributed by atoms with Crippen molar-refractivity contribution in [3.8, 4) is 0 Å². The van der Waals surface area contributed by atoms with Crippen LogP contribution in [0.3, 0.4) is 0 Å². The van der Waals surface area contributed by atoms with E-state index in [2.05, 4.69) is 5.32 Å². The standard InChI is InChI=1S/C13H13ClN2O2/c14-8-1-2-10-11(7-8)16(13(18)12(10)17)9-3-5-15-6-4-9/h1-2,7,9,15H,3-6H2. The molecule has 0 aromatic heterocycles. The number of hydrogen-bond acceptors (Lipinski definition) is 3. The molecule has 0 bridgehead atoms. The number of carbonyl (C=O) groups excluding carboxylic acids is 2. The lowest BCUT2D eigenvalue weighted by Crippen LogP contribution is -2.45. The molecule has 2 heterocycles. The number of ketones is 1. The first-order valence-electron chi connectivity index (χ1n) is 6.06. The number of halogens is 1. The Bertz CT molecular complexity index is 524. The number of nitrogens with one attached hydrogen (secondary N) is 1. The van der Waals surface area contributed by atoms with Crippen LogP contribution < -0.4 is 10.2 Å². The van der Waals surface area contributed by atoms with Crippen LogP contribution in [0.5, 0.6) is 0 Å². The summed E-state index contributed by atoms with van der Waals surface area (Å²) in [6.07, 6.45) is 1.73. The van der Waals surface area contributed by atoms with Gasteiger partial charge in [0.15, 0.2) is 0 Å². The van der Waals surface area contributed by atoms with Gasteiger partial charge >= 0.3 is 0 Å². The van der Waals surface area contributed by atoms with E-state index in [0.717, 1.165) is 25.9 Å². The van der Waals surface area contributed by atoms with E-state index in [0.29, 0.717) is 16.3 Å². The first-order chi connectivity index (χ1) is 8.68. The summed E-state index contributed by atoms with van der Waals surface area (Å²) in [6, 6.07) is 5.10. The van der Waals surface area contributed by atoms with Crippen LogP contribution in [0.15, 0.2) is 18.2 Å². The molecule has 0 aliphatic carbocycles. The Labute approximate surface area is 110 Å². The number of anilines is 1. The summed E-state index contributed by atoms with van der Waals surface area (Å²) in [6.45, 7) is 1.75. The first kappa shape index (κ1) is 11.7. The molecule has 2 aliphatic heterocycles. The molecule has 0 unspecified atom stereocenters. The van der Waals surface area contributed by atoms with Crippen molar-refractivity contribution in [2.45, 2.75) is 18.9 Å². The highest BCUT2D eigenvalue weighted by Gasteiger charge is 2.40. The summed E-state index contributed by atoms with van der Waals surface area (Å²) in [5.41, 5.74) is 1.15. The Morgan fingerprint density at radius 1 is 1.22 bits per heavy atom. The topological polar surface area (TPSA) is 49.4 Å². The van der Waals surface area contributed by atoms with E-state index < -0.39 is 11.7 Å². The molecule has 3 rings (SSSR count). The molecule has 18 heavy (non-hydrogen) atoms. The van der Waals surface area contributed by atoms with Crippen LogP contribution in [0.25, 0.3) is 0 Å². The molecule has 1 saturated heterocycles. The van der Waals surface area contributed by atoms with Gasteiger partial charge in [-0.3, -0.25) is 9.59 Å². The number of hydrogen-bond donors (Lipinski definition) is 1. The predicted molar refractivity (Wildman–Crippen MR) is 69.2 cm³/mol. The molecule has 1 amide bonds. The zero-order chi connectivity index (χ0) is 12.7. The van der Waals surface area contributed by atoms with Crippen LogP contribution in [0.2, 0.25) is 5.02 Å². The second-order valence-electron chi connectivity index (χ2n) is 4.65. The summed E-state index contributed by atoms with van der Waals surface area (Å²) in [5, 5.41) is 3.80. The molecule has 1 N–H and O–H groups in total. The van der Waals surface area contributed by atoms with Crippen LogP contribution in [-0.4, -0.2) is 30.8 Å². The van der Waals surface area contributed by atoms with Gasteiger partial charge in [-0.05, 0) is 44.1 Å². The fourth-order valence-corrected chi connectivity index (χ4v) is 2.82. The monoisotopic (exact) mass is 264 g/mol. The molecule has 94 valence electrons. The van der Waals surface area contributed by atoms with Gasteiger partial charge in [-0.1, -0.05) is 11.6 Å². The van der Waals surface area contributed by atoms with E-state index in [-0.39, 0.29) is 6.04 Å². The van der Waals surface area contributed by atoms with Crippen molar-refractivity contribution in [3.63, 3.8) is 0 Å². The Kier molecular flexibility index (Phi) is 2.84. The highest BCUT2D eigenvalue weighted by molar-refractivity contribution is 6.52. The van der Waals surface area contributed by atoms with Crippen molar-refractivity contribution in [2.75, 3.05) is 18.0 Å². The summed E-state index contributed by atoms with van der Waals surface area (Å²) < 4.78 is 0. The molecular weight excluding hydrogens is 252 g/mol. The van der Waals surface area contributed by atoms with Crippen LogP contribution in [0.4, 0.5) is 5.69 Å². The van der Waals surface area contributed by atoms with Gasteiger partial charge in [0, 0.05) is 11.1 Å². The number of Topliss-reactive ketones (excluding diaryl/α,β-unsaturated/α-hetero) is 1. The summed E-state index contributed by atoms with van der Waals surface area (Å²) in [5.74, 6) is -0.834. The van der Waals surface area contributed by atoms with Crippen molar-refractivity contribution in [1.82, 2.24) is 5.32 Å². The predicted octanol–water partition coefficient (Wildman–Crippen LogP) is 1.62. The molecule has 1 aromatic carbocycles. The van der Waals surface area contributed by atoms with Crippen molar-refractivity contribution in [1.29, 1.82) is 0 Å². The van der Waals surface area contributed by atoms with Crippen LogP contribution in [0, 0.1) is 0 Å². The van der Waals surface area contributed by atoms with E-state index in [9.17, 15) is 9.59 Å². The summed E-state index contributed by atoms with van der Waals surface area (Å²) >= 11 is 5.96. The summed E-state index contributed by atoms with van der Waals surface area (Å²) in [4.78, 5) is 25.6. The molecule has 0 spiro atoms. The number of carbonyl (C=O) groups is 2. The molecule has 0 radical (unpaired) electrons. The quantitative estimate of drug-likeness (QED) is 0.785. The molecule has 0 saturated carbocycles. The number of fused-ring (bicyclic) bond motifs is 1. The number of benzene rings is 1. The Morgan fingerprint density at radius 3 is 2.67 bits per heavy atom. The second-order valence-corrected chi connectivity index (χ2v) is 5.08. The molecule has 5 heteroatoms. The van der Waals surface area contributed by atoms with Crippen molar-refractivity contribution in [2.24, 2.45) is 0 Å². The van der Waals surface area contributed by atoms with Crippen LogP contribution >= 0.6 is 11.6 Å².